The summed E-state index contributed by atoms with van der Waals surface area (Å²) < 4.78 is 0. The molecule has 6 heteroatoms. The molecule has 6 nitrogen and oxygen atoms in total. The van der Waals surface area contributed by atoms with Crippen LogP contribution in [0.4, 0.5) is 5.69 Å². The standard InChI is InChI=1S/C13H16N2O4/c14-13(4-1-5-13)7-11(17)15-8-2-3-10(16)9(6-8)12(18)19/h2-3,6,16H,1,4-5,7,14H2,(H,15,17)(H,18,19). The van der Waals surface area contributed by atoms with E-state index in [2.05, 4.69) is 5.32 Å². The van der Waals surface area contributed by atoms with Gasteiger partial charge in [-0.25, -0.2) is 4.79 Å². The van der Waals surface area contributed by atoms with Crippen LogP contribution in [0, 0.1) is 0 Å². The second-order valence-electron chi connectivity index (χ2n) is 4.98. The van der Waals surface area contributed by atoms with Crippen LogP contribution in [0.3, 0.4) is 0 Å². The number of benzene rings is 1. The third kappa shape index (κ3) is 3.03. The number of hydrogen-bond donors (Lipinski definition) is 4. The van der Waals surface area contributed by atoms with Gasteiger partial charge in [0, 0.05) is 17.6 Å². The fourth-order valence-electron chi connectivity index (χ4n) is 2.12. The number of nitrogens with one attached hydrogen (secondary N) is 1. The van der Waals surface area contributed by atoms with Crippen LogP contribution in [-0.2, 0) is 4.79 Å². The number of carbonyl (C=O) groups is 2. The van der Waals surface area contributed by atoms with E-state index in [0.29, 0.717) is 5.69 Å². The van der Waals surface area contributed by atoms with Crippen molar-refractivity contribution in [1.29, 1.82) is 0 Å². The van der Waals surface area contributed by atoms with E-state index in [1.165, 1.54) is 18.2 Å². The molecule has 1 aliphatic rings. The average Bonchev–Trinajstić information content (AvgIpc) is 2.29. The zero-order valence-corrected chi connectivity index (χ0v) is 10.3. The van der Waals surface area contributed by atoms with Crippen LogP contribution in [0.25, 0.3) is 0 Å². The number of carboxylic acid groups (broad SMARTS) is 1. The minimum atomic E-state index is -1.25. The number of aromatic hydroxyl groups is 1. The van der Waals surface area contributed by atoms with Gasteiger partial charge in [0.25, 0.3) is 0 Å². The van der Waals surface area contributed by atoms with Gasteiger partial charge in [-0.1, -0.05) is 0 Å². The van der Waals surface area contributed by atoms with Gasteiger partial charge in [0.05, 0.1) is 0 Å². The summed E-state index contributed by atoms with van der Waals surface area (Å²) in [6.45, 7) is 0. The van der Waals surface area contributed by atoms with Gasteiger partial charge in [-0.3, -0.25) is 4.79 Å². The molecule has 0 radical (unpaired) electrons. The number of nitrogens with two attached hydrogens (primary N) is 1. The molecule has 0 bridgehead atoms. The molecule has 0 aromatic heterocycles. The molecule has 1 saturated carbocycles. The van der Waals surface area contributed by atoms with Gasteiger partial charge in [0.2, 0.25) is 5.91 Å². The van der Waals surface area contributed by atoms with Crippen LogP contribution < -0.4 is 11.1 Å². The predicted molar refractivity (Wildman–Crippen MR) is 69.1 cm³/mol. The Labute approximate surface area is 110 Å². The van der Waals surface area contributed by atoms with Crippen LogP contribution in [0.2, 0.25) is 0 Å². The van der Waals surface area contributed by atoms with Crippen molar-refractivity contribution in [1.82, 2.24) is 0 Å². The van der Waals surface area contributed by atoms with E-state index in [1.807, 2.05) is 0 Å². The SMILES string of the molecule is NC1(CC(=O)Nc2ccc(O)c(C(=O)O)c2)CCC1. The lowest BCUT2D eigenvalue weighted by Crippen LogP contribution is -2.48. The van der Waals surface area contributed by atoms with Crippen molar-refractivity contribution in [3.63, 3.8) is 0 Å². The quantitative estimate of drug-likeness (QED) is 0.612. The summed E-state index contributed by atoms with van der Waals surface area (Å²) in [5.74, 6) is -1.83. The predicted octanol–water partition coefficient (Wildman–Crippen LogP) is 1.30. The van der Waals surface area contributed by atoms with Gasteiger partial charge in [0.1, 0.15) is 11.3 Å². The molecule has 1 fully saturated rings. The summed E-state index contributed by atoms with van der Waals surface area (Å²) in [5, 5.41) is 20.8. The molecule has 1 aromatic carbocycles. The Balaban J connectivity index is 2.04. The lowest BCUT2D eigenvalue weighted by Gasteiger charge is -2.37. The minimum Gasteiger partial charge on any atom is -0.507 e. The van der Waals surface area contributed by atoms with Crippen molar-refractivity contribution in [2.24, 2.45) is 5.73 Å². The second kappa shape index (κ2) is 4.89. The zero-order valence-electron chi connectivity index (χ0n) is 10.3. The largest absolute Gasteiger partial charge is 0.507 e. The Morgan fingerprint density at radius 1 is 1.37 bits per heavy atom. The van der Waals surface area contributed by atoms with Gasteiger partial charge in [-0.05, 0) is 37.5 Å². The molecular formula is C13H16N2O4. The molecule has 0 spiro atoms. The monoisotopic (exact) mass is 264 g/mol. The van der Waals surface area contributed by atoms with Crippen molar-refractivity contribution >= 4 is 17.6 Å². The van der Waals surface area contributed by atoms with E-state index in [-0.39, 0.29) is 23.6 Å². The summed E-state index contributed by atoms with van der Waals surface area (Å²) in [7, 11) is 0. The van der Waals surface area contributed by atoms with Crippen LogP contribution in [-0.4, -0.2) is 27.6 Å². The highest BCUT2D eigenvalue weighted by atomic mass is 16.4. The second-order valence-corrected chi connectivity index (χ2v) is 4.98. The highest BCUT2D eigenvalue weighted by Gasteiger charge is 2.34. The Morgan fingerprint density at radius 2 is 2.05 bits per heavy atom. The molecule has 0 atom stereocenters. The summed E-state index contributed by atoms with van der Waals surface area (Å²) in [6, 6.07) is 3.91. The molecule has 0 saturated heterocycles. The molecule has 5 N–H and O–H groups in total. The lowest BCUT2D eigenvalue weighted by atomic mass is 9.75. The number of phenols is 1. The minimum absolute atomic E-state index is 0.219. The molecule has 0 aliphatic heterocycles. The van der Waals surface area contributed by atoms with Gasteiger partial charge in [0.15, 0.2) is 0 Å². The van der Waals surface area contributed by atoms with Crippen molar-refractivity contribution in [2.45, 2.75) is 31.2 Å². The molecule has 1 amide bonds. The molecule has 0 heterocycles. The maximum atomic E-state index is 11.8. The van der Waals surface area contributed by atoms with Gasteiger partial charge in [-0.15, -0.1) is 0 Å². The number of hydrogen-bond acceptors (Lipinski definition) is 4. The Hall–Kier alpha value is -2.08. The fourth-order valence-corrected chi connectivity index (χ4v) is 2.12. The van der Waals surface area contributed by atoms with Gasteiger partial charge >= 0.3 is 5.97 Å². The molecule has 19 heavy (non-hydrogen) atoms. The van der Waals surface area contributed by atoms with E-state index >= 15 is 0 Å². The van der Waals surface area contributed by atoms with Gasteiger partial charge in [-0.2, -0.15) is 0 Å². The van der Waals surface area contributed by atoms with Crippen LogP contribution in [0.1, 0.15) is 36.0 Å². The lowest BCUT2D eigenvalue weighted by molar-refractivity contribution is -0.118. The maximum absolute atomic E-state index is 11.8. The number of carbonyl (C=O) groups excluding carboxylic acids is 1. The molecule has 102 valence electrons. The number of rotatable bonds is 4. The number of anilines is 1. The molecule has 1 aliphatic carbocycles. The van der Waals surface area contributed by atoms with Crippen LogP contribution in [0.15, 0.2) is 18.2 Å². The summed E-state index contributed by atoms with van der Waals surface area (Å²) in [6.07, 6.45) is 2.91. The van der Waals surface area contributed by atoms with E-state index in [0.717, 1.165) is 19.3 Å². The first-order valence-corrected chi connectivity index (χ1v) is 6.05. The van der Waals surface area contributed by atoms with Gasteiger partial charge < -0.3 is 21.3 Å². The zero-order chi connectivity index (χ0) is 14.0. The fraction of sp³-hybridized carbons (Fsp3) is 0.385. The molecule has 1 aromatic rings. The summed E-state index contributed by atoms with van der Waals surface area (Å²) >= 11 is 0. The Bertz CT molecular complexity index is 523. The van der Waals surface area contributed by atoms with E-state index in [1.54, 1.807) is 0 Å². The van der Waals surface area contributed by atoms with Crippen molar-refractivity contribution in [3.8, 4) is 5.75 Å². The Morgan fingerprint density at radius 3 is 2.58 bits per heavy atom. The van der Waals surface area contributed by atoms with Crippen molar-refractivity contribution in [3.05, 3.63) is 23.8 Å². The summed E-state index contributed by atoms with van der Waals surface area (Å²) in [4.78, 5) is 22.6. The highest BCUT2D eigenvalue weighted by Crippen LogP contribution is 2.32. The third-order valence-electron chi connectivity index (χ3n) is 3.37. The molecular weight excluding hydrogens is 248 g/mol. The highest BCUT2D eigenvalue weighted by molar-refractivity contribution is 5.95. The Kier molecular flexibility index (Phi) is 3.44. The third-order valence-corrected chi connectivity index (χ3v) is 3.37. The van der Waals surface area contributed by atoms with Crippen molar-refractivity contribution in [2.75, 3.05) is 5.32 Å². The number of aromatic carboxylic acids is 1. The number of amides is 1. The normalized spacial score (nSPS) is 16.5. The average molecular weight is 264 g/mol. The van der Waals surface area contributed by atoms with Crippen LogP contribution in [0.5, 0.6) is 5.75 Å². The van der Waals surface area contributed by atoms with E-state index < -0.39 is 11.5 Å². The first kappa shape index (κ1) is 13.4. The first-order chi connectivity index (χ1) is 8.89. The summed E-state index contributed by atoms with van der Waals surface area (Å²) in [5.41, 5.74) is 5.63. The number of carboxylic acids is 1. The smallest absolute Gasteiger partial charge is 0.339 e. The topological polar surface area (TPSA) is 113 Å². The van der Waals surface area contributed by atoms with E-state index in [9.17, 15) is 14.7 Å². The van der Waals surface area contributed by atoms with Crippen molar-refractivity contribution < 1.29 is 19.8 Å². The first-order valence-electron chi connectivity index (χ1n) is 6.05. The maximum Gasteiger partial charge on any atom is 0.339 e. The van der Waals surface area contributed by atoms with E-state index in [4.69, 9.17) is 10.8 Å². The molecule has 0 unspecified atom stereocenters. The molecule has 2 rings (SSSR count). The van der Waals surface area contributed by atoms with Crippen LogP contribution >= 0.6 is 0 Å².